The summed E-state index contributed by atoms with van der Waals surface area (Å²) in [4.78, 5) is 15.5. The molecule has 0 radical (unpaired) electrons. The highest BCUT2D eigenvalue weighted by Gasteiger charge is 2.26. The number of nitrogens with zero attached hydrogens (tertiary/aromatic N) is 1. The molecule has 2 rings (SSSR count). The summed E-state index contributed by atoms with van der Waals surface area (Å²) in [6.07, 6.45) is 3.63. The predicted octanol–water partition coefficient (Wildman–Crippen LogP) is 2.81. The van der Waals surface area contributed by atoms with Gasteiger partial charge in [0.15, 0.2) is 6.10 Å². The molecule has 1 aromatic rings. The van der Waals surface area contributed by atoms with Crippen LogP contribution in [0.3, 0.4) is 0 Å². The third-order valence-corrected chi connectivity index (χ3v) is 4.68. The van der Waals surface area contributed by atoms with Crippen LogP contribution in [0.2, 0.25) is 0 Å². The van der Waals surface area contributed by atoms with Gasteiger partial charge >= 0.3 is 0 Å². The summed E-state index contributed by atoms with van der Waals surface area (Å²) in [7, 11) is 1.98. The van der Waals surface area contributed by atoms with Gasteiger partial charge in [-0.15, -0.1) is 24.2 Å². The van der Waals surface area contributed by atoms with Gasteiger partial charge in [-0.2, -0.15) is 0 Å². The van der Waals surface area contributed by atoms with Crippen molar-refractivity contribution in [2.45, 2.75) is 36.8 Å². The van der Waals surface area contributed by atoms with Gasteiger partial charge in [0.1, 0.15) is 5.75 Å². The molecule has 1 unspecified atom stereocenters. The number of nitrogens with one attached hydrogen (secondary N) is 1. The molecule has 0 bridgehead atoms. The van der Waals surface area contributed by atoms with E-state index in [9.17, 15) is 4.79 Å². The van der Waals surface area contributed by atoms with E-state index in [2.05, 4.69) is 5.32 Å². The Labute approximate surface area is 143 Å². The van der Waals surface area contributed by atoms with E-state index in [0.717, 1.165) is 31.7 Å². The Hall–Kier alpha value is -0.910. The Morgan fingerprint density at radius 3 is 2.41 bits per heavy atom. The van der Waals surface area contributed by atoms with E-state index in [4.69, 9.17) is 4.74 Å². The molecule has 1 aliphatic rings. The SMILES string of the molecule is CNC1CCN(C(=O)C(C)Oc2ccc(SC)cc2)CC1.Cl. The number of amides is 1. The number of piperidine rings is 1. The molecule has 1 aliphatic heterocycles. The standard InChI is InChI=1S/C16H24N2O2S.ClH/c1-12(20-14-4-6-15(21-3)7-5-14)16(19)18-10-8-13(17-2)9-11-18;/h4-7,12-13,17H,8-11H2,1-3H3;1H. The topological polar surface area (TPSA) is 41.6 Å². The lowest BCUT2D eigenvalue weighted by atomic mass is 10.0. The van der Waals surface area contributed by atoms with Crippen LogP contribution < -0.4 is 10.1 Å². The Morgan fingerprint density at radius 1 is 1.32 bits per heavy atom. The monoisotopic (exact) mass is 344 g/mol. The maximum Gasteiger partial charge on any atom is 0.263 e. The average molecular weight is 345 g/mol. The van der Waals surface area contributed by atoms with Crippen molar-refractivity contribution < 1.29 is 9.53 Å². The van der Waals surface area contributed by atoms with Gasteiger partial charge in [-0.3, -0.25) is 4.79 Å². The second-order valence-corrected chi connectivity index (χ2v) is 6.20. The number of thioether (sulfide) groups is 1. The van der Waals surface area contributed by atoms with Crippen LogP contribution in [-0.2, 0) is 4.79 Å². The van der Waals surface area contributed by atoms with Crippen LogP contribution in [0.25, 0.3) is 0 Å². The fourth-order valence-electron chi connectivity index (χ4n) is 2.55. The number of likely N-dealkylation sites (tertiary alicyclic amines) is 1. The molecule has 22 heavy (non-hydrogen) atoms. The molecule has 0 aliphatic carbocycles. The van der Waals surface area contributed by atoms with Crippen molar-refractivity contribution in [2.75, 3.05) is 26.4 Å². The van der Waals surface area contributed by atoms with Gasteiger partial charge in [0.25, 0.3) is 5.91 Å². The zero-order valence-electron chi connectivity index (χ0n) is 13.4. The molecule has 4 nitrogen and oxygen atoms in total. The highest BCUT2D eigenvalue weighted by atomic mass is 35.5. The third kappa shape index (κ3) is 5.07. The molecule has 6 heteroatoms. The van der Waals surface area contributed by atoms with Crippen molar-refractivity contribution in [3.8, 4) is 5.75 Å². The van der Waals surface area contributed by atoms with Crippen molar-refractivity contribution in [1.82, 2.24) is 10.2 Å². The quantitative estimate of drug-likeness (QED) is 0.834. The molecular weight excluding hydrogens is 320 g/mol. The summed E-state index contributed by atoms with van der Waals surface area (Å²) in [5, 5.41) is 3.27. The van der Waals surface area contributed by atoms with Crippen molar-refractivity contribution in [1.29, 1.82) is 0 Å². The van der Waals surface area contributed by atoms with E-state index >= 15 is 0 Å². The molecule has 1 aromatic carbocycles. The van der Waals surface area contributed by atoms with Crippen molar-refractivity contribution >= 4 is 30.1 Å². The van der Waals surface area contributed by atoms with E-state index in [0.29, 0.717) is 6.04 Å². The van der Waals surface area contributed by atoms with Crippen molar-refractivity contribution in [2.24, 2.45) is 0 Å². The number of rotatable bonds is 5. The van der Waals surface area contributed by atoms with Gasteiger partial charge in [0.05, 0.1) is 0 Å². The zero-order chi connectivity index (χ0) is 15.2. The first-order chi connectivity index (χ1) is 10.1. The average Bonchev–Trinajstić information content (AvgIpc) is 2.55. The van der Waals surface area contributed by atoms with Gasteiger partial charge in [-0.1, -0.05) is 0 Å². The Bertz CT molecular complexity index is 462. The molecular formula is C16H25ClN2O2S. The van der Waals surface area contributed by atoms with Crippen LogP contribution in [0, 0.1) is 0 Å². The predicted molar refractivity (Wildman–Crippen MR) is 94.2 cm³/mol. The van der Waals surface area contributed by atoms with E-state index in [-0.39, 0.29) is 18.3 Å². The van der Waals surface area contributed by atoms with Gasteiger partial charge in [0, 0.05) is 24.0 Å². The minimum Gasteiger partial charge on any atom is -0.481 e. The number of ether oxygens (including phenoxy) is 1. The molecule has 124 valence electrons. The highest BCUT2D eigenvalue weighted by Crippen LogP contribution is 2.20. The molecule has 1 heterocycles. The molecule has 0 spiro atoms. The maximum absolute atomic E-state index is 12.4. The minimum atomic E-state index is -0.434. The lowest BCUT2D eigenvalue weighted by Gasteiger charge is -2.33. The maximum atomic E-state index is 12.4. The molecule has 1 fully saturated rings. The first kappa shape index (κ1) is 19.1. The summed E-state index contributed by atoms with van der Waals surface area (Å²) in [6, 6.07) is 8.39. The molecule has 0 aromatic heterocycles. The third-order valence-electron chi connectivity index (χ3n) is 3.93. The first-order valence-corrected chi connectivity index (χ1v) is 8.63. The molecule has 1 N–H and O–H groups in total. The van der Waals surface area contributed by atoms with Gasteiger partial charge in [-0.25, -0.2) is 0 Å². The normalized spacial score (nSPS) is 16.8. The molecule has 1 atom stereocenters. The summed E-state index contributed by atoms with van der Waals surface area (Å²) in [5.74, 6) is 0.831. The first-order valence-electron chi connectivity index (χ1n) is 7.40. The molecule has 1 saturated heterocycles. The summed E-state index contributed by atoms with van der Waals surface area (Å²) in [6.45, 7) is 3.45. The Balaban J connectivity index is 0.00000242. The Morgan fingerprint density at radius 2 is 1.91 bits per heavy atom. The fraction of sp³-hybridized carbons (Fsp3) is 0.562. The lowest BCUT2D eigenvalue weighted by Crippen LogP contribution is -2.48. The van der Waals surface area contributed by atoms with Crippen LogP contribution in [0.5, 0.6) is 5.75 Å². The zero-order valence-corrected chi connectivity index (χ0v) is 15.0. The van der Waals surface area contributed by atoms with Gasteiger partial charge < -0.3 is 15.0 Å². The Kier molecular flexibility index (Phi) is 8.07. The number of hydrogen-bond acceptors (Lipinski definition) is 4. The van der Waals surface area contributed by atoms with Crippen molar-refractivity contribution in [3.63, 3.8) is 0 Å². The van der Waals surface area contributed by atoms with E-state index in [1.807, 2.05) is 49.4 Å². The number of carbonyl (C=O) groups is 1. The van der Waals surface area contributed by atoms with Gasteiger partial charge in [-0.05, 0) is 57.3 Å². The van der Waals surface area contributed by atoms with E-state index in [1.165, 1.54) is 4.90 Å². The lowest BCUT2D eigenvalue weighted by molar-refractivity contribution is -0.139. The number of benzene rings is 1. The highest BCUT2D eigenvalue weighted by molar-refractivity contribution is 7.98. The second kappa shape index (κ2) is 9.28. The number of carbonyl (C=O) groups excluding carboxylic acids is 1. The smallest absolute Gasteiger partial charge is 0.263 e. The van der Waals surface area contributed by atoms with Crippen LogP contribution in [0.15, 0.2) is 29.2 Å². The molecule has 0 saturated carbocycles. The largest absolute Gasteiger partial charge is 0.481 e. The van der Waals surface area contributed by atoms with Crippen LogP contribution in [0.4, 0.5) is 0 Å². The number of halogens is 1. The summed E-state index contributed by atoms with van der Waals surface area (Å²) >= 11 is 1.69. The summed E-state index contributed by atoms with van der Waals surface area (Å²) in [5.41, 5.74) is 0. The van der Waals surface area contributed by atoms with Crippen LogP contribution in [-0.4, -0.2) is 49.3 Å². The van der Waals surface area contributed by atoms with Gasteiger partial charge in [0.2, 0.25) is 0 Å². The van der Waals surface area contributed by atoms with Crippen LogP contribution >= 0.6 is 24.2 Å². The number of hydrogen-bond donors (Lipinski definition) is 1. The second-order valence-electron chi connectivity index (χ2n) is 5.32. The summed E-state index contributed by atoms with van der Waals surface area (Å²) < 4.78 is 5.77. The van der Waals surface area contributed by atoms with Crippen LogP contribution in [0.1, 0.15) is 19.8 Å². The minimum absolute atomic E-state index is 0. The van der Waals surface area contributed by atoms with Crippen molar-refractivity contribution in [3.05, 3.63) is 24.3 Å². The van der Waals surface area contributed by atoms with E-state index < -0.39 is 6.10 Å². The fourth-order valence-corrected chi connectivity index (χ4v) is 2.96. The van der Waals surface area contributed by atoms with E-state index in [1.54, 1.807) is 11.8 Å². The molecule has 1 amide bonds.